The van der Waals surface area contributed by atoms with Crippen LogP contribution in [-0.2, 0) is 11.7 Å². The van der Waals surface area contributed by atoms with Crippen molar-refractivity contribution < 1.29 is 28.6 Å². The SMILES string of the molecule is [2H]C([2H])([2H])n1cnc(Nc2nc(N[C@H](C)c3ncc(F)cc3F)nc(N3C([2H])([2H])C([2H])([2H])OC([2H])([2H])C3([2H])[2H])n2)c1. The minimum atomic E-state index is -3.43. The third-order valence-corrected chi connectivity index (χ3v) is 3.66. The van der Waals surface area contributed by atoms with Gasteiger partial charge in [0.05, 0.1) is 48.3 Å². The maximum Gasteiger partial charge on any atom is 0.235 e. The molecule has 1 atom stereocenters. The van der Waals surface area contributed by atoms with Gasteiger partial charge in [-0.15, -0.1) is 0 Å². The van der Waals surface area contributed by atoms with E-state index in [0.29, 0.717) is 6.07 Å². The summed E-state index contributed by atoms with van der Waals surface area (Å²) >= 11 is 0. The molecular formula is C18H21F2N9O. The van der Waals surface area contributed by atoms with Crippen LogP contribution in [0.5, 0.6) is 0 Å². The second kappa shape index (κ2) is 8.53. The Morgan fingerprint density at radius 1 is 1.20 bits per heavy atom. The molecule has 10 nitrogen and oxygen atoms in total. The minimum absolute atomic E-state index is 0.00995. The number of aryl methyl sites for hydroxylation is 1. The van der Waals surface area contributed by atoms with Gasteiger partial charge in [0.1, 0.15) is 11.6 Å². The van der Waals surface area contributed by atoms with Crippen molar-refractivity contribution in [2.24, 2.45) is 6.98 Å². The number of imidazole rings is 1. The highest BCUT2D eigenvalue weighted by atomic mass is 19.1. The van der Waals surface area contributed by atoms with Gasteiger partial charge in [-0.25, -0.2) is 13.8 Å². The predicted octanol–water partition coefficient (Wildman–Crippen LogP) is 2.03. The first-order chi connectivity index (χ1) is 18.7. The van der Waals surface area contributed by atoms with E-state index in [-0.39, 0.29) is 16.4 Å². The average molecular weight is 428 g/mol. The molecule has 3 aromatic rings. The van der Waals surface area contributed by atoms with Crippen LogP contribution in [0, 0.1) is 11.6 Å². The molecule has 3 aromatic heterocycles. The Morgan fingerprint density at radius 2 is 2.00 bits per heavy atom. The smallest absolute Gasteiger partial charge is 0.235 e. The molecule has 0 radical (unpaired) electrons. The van der Waals surface area contributed by atoms with Crippen LogP contribution in [0.2, 0.25) is 0 Å². The lowest BCUT2D eigenvalue weighted by molar-refractivity contribution is 0.122. The summed E-state index contributed by atoms with van der Waals surface area (Å²) in [6, 6.07) is -0.501. The van der Waals surface area contributed by atoms with Gasteiger partial charge in [0.25, 0.3) is 0 Å². The highest BCUT2D eigenvalue weighted by molar-refractivity contribution is 5.52. The van der Waals surface area contributed by atoms with Gasteiger partial charge in [-0.1, -0.05) is 0 Å². The van der Waals surface area contributed by atoms with Crippen LogP contribution in [0.3, 0.4) is 0 Å². The molecule has 0 unspecified atom stereocenters. The monoisotopic (exact) mass is 428 g/mol. The van der Waals surface area contributed by atoms with Crippen LogP contribution < -0.4 is 15.5 Å². The first kappa shape index (κ1) is 10.6. The van der Waals surface area contributed by atoms with E-state index in [0.717, 1.165) is 23.3 Å². The number of hydrogen-bond acceptors (Lipinski definition) is 9. The van der Waals surface area contributed by atoms with Gasteiger partial charge in [-0.05, 0) is 6.92 Å². The zero-order valence-corrected chi connectivity index (χ0v) is 15.2. The summed E-state index contributed by atoms with van der Waals surface area (Å²) in [7, 11) is 0. The number of rotatable bonds is 6. The number of morpholine rings is 1. The molecule has 1 aliphatic heterocycles. The highest BCUT2D eigenvalue weighted by Crippen LogP contribution is 2.22. The fraction of sp³-hybridized carbons (Fsp3) is 0.389. The highest BCUT2D eigenvalue weighted by Gasteiger charge is 2.19. The average Bonchev–Trinajstić information content (AvgIpc) is 3.26. The summed E-state index contributed by atoms with van der Waals surface area (Å²) in [5, 5.41) is 5.15. The lowest BCUT2D eigenvalue weighted by Crippen LogP contribution is -2.37. The Morgan fingerprint density at radius 3 is 2.73 bits per heavy atom. The van der Waals surface area contributed by atoms with E-state index in [2.05, 4.69) is 40.3 Å². The number of hydrogen-bond donors (Lipinski definition) is 2. The van der Waals surface area contributed by atoms with E-state index in [9.17, 15) is 8.78 Å². The van der Waals surface area contributed by atoms with Crippen molar-refractivity contribution in [2.45, 2.75) is 13.0 Å². The summed E-state index contributed by atoms with van der Waals surface area (Å²) in [4.78, 5) is 19.4. The van der Waals surface area contributed by atoms with E-state index in [1.165, 1.54) is 6.92 Å². The molecule has 30 heavy (non-hydrogen) atoms. The van der Waals surface area contributed by atoms with Crippen LogP contribution >= 0.6 is 0 Å². The Labute approximate surface area is 186 Å². The van der Waals surface area contributed by atoms with E-state index in [4.69, 9.17) is 15.1 Å². The van der Waals surface area contributed by atoms with Gasteiger partial charge >= 0.3 is 0 Å². The number of aromatic nitrogens is 6. The molecule has 1 aliphatic rings. The van der Waals surface area contributed by atoms with Crippen molar-refractivity contribution in [3.63, 3.8) is 0 Å². The standard InChI is InChI=1S/C18H21F2N9O/c1-11(15-13(20)7-12(19)8-21-15)23-16-25-17(24-14-9-28(2)10-22-14)27-18(26-16)29-3-5-30-6-4-29/h7-11H,3-6H2,1-2H3,(H2,23,24,25,26,27)/t11-/m1/s1/i2D3,3D2,4D2,5D2,6D2. The molecule has 0 amide bonds. The quantitative estimate of drug-likeness (QED) is 0.610. The maximum atomic E-state index is 14.3. The maximum absolute atomic E-state index is 14.3. The summed E-state index contributed by atoms with van der Waals surface area (Å²) < 4.78 is 120. The lowest BCUT2D eigenvalue weighted by atomic mass is 10.2. The zero-order chi connectivity index (χ0) is 30.8. The minimum Gasteiger partial charge on any atom is -0.378 e. The first-order valence-electron chi connectivity index (χ1n) is 13.8. The number of anilines is 4. The molecule has 0 bridgehead atoms. The van der Waals surface area contributed by atoms with Gasteiger partial charge < -0.3 is 24.8 Å². The van der Waals surface area contributed by atoms with Crippen LogP contribution in [0.1, 0.15) is 33.7 Å². The molecule has 0 saturated carbocycles. The molecule has 0 spiro atoms. The first-order valence-corrected chi connectivity index (χ1v) is 8.31. The third kappa shape index (κ3) is 4.59. The molecule has 158 valence electrons. The van der Waals surface area contributed by atoms with E-state index in [1.807, 2.05) is 0 Å². The number of pyridine rings is 1. The van der Waals surface area contributed by atoms with E-state index < -0.39 is 68.6 Å². The second-order valence-electron chi connectivity index (χ2n) is 5.83. The molecule has 1 fully saturated rings. The van der Waals surface area contributed by atoms with Crippen molar-refractivity contribution in [3.8, 4) is 0 Å². The Balaban J connectivity index is 1.83. The van der Waals surface area contributed by atoms with Crippen LogP contribution in [-0.4, -0.2) is 55.6 Å². The third-order valence-electron chi connectivity index (χ3n) is 3.66. The van der Waals surface area contributed by atoms with Crippen molar-refractivity contribution in [1.82, 2.24) is 29.5 Å². The number of nitrogens with one attached hydrogen (secondary N) is 2. The van der Waals surface area contributed by atoms with E-state index in [1.54, 1.807) is 0 Å². The van der Waals surface area contributed by atoms with Crippen LogP contribution in [0.25, 0.3) is 0 Å². The van der Waals surface area contributed by atoms with Gasteiger partial charge in [0, 0.05) is 36.3 Å². The topological polar surface area (TPSA) is 106 Å². The molecule has 1 saturated heterocycles. The molecule has 4 rings (SSSR count). The predicted molar refractivity (Wildman–Crippen MR) is 106 cm³/mol. The molecule has 4 heterocycles. The molecular weight excluding hydrogens is 396 g/mol. The fourth-order valence-corrected chi connectivity index (χ4v) is 2.38. The normalized spacial score (nSPS) is 27.7. The van der Waals surface area contributed by atoms with Crippen molar-refractivity contribution in [2.75, 3.05) is 41.6 Å². The summed E-state index contributed by atoms with van der Waals surface area (Å²) in [6.45, 7) is -14.9. The van der Waals surface area contributed by atoms with E-state index >= 15 is 0 Å². The van der Waals surface area contributed by atoms with Crippen molar-refractivity contribution >= 4 is 23.7 Å². The molecule has 12 heteroatoms. The number of nitrogens with zero attached hydrogens (tertiary/aromatic N) is 7. The summed E-state index contributed by atoms with van der Waals surface area (Å²) in [5.41, 5.74) is -0.288. The Hall–Kier alpha value is -3.41. The van der Waals surface area contributed by atoms with Gasteiger partial charge in [-0.3, -0.25) is 4.98 Å². The van der Waals surface area contributed by atoms with Crippen LogP contribution in [0.4, 0.5) is 32.4 Å². The summed E-state index contributed by atoms with van der Waals surface area (Å²) in [5.74, 6) is -4.05. The largest absolute Gasteiger partial charge is 0.378 e. The molecule has 0 aromatic carbocycles. The Bertz CT molecular complexity index is 1430. The van der Waals surface area contributed by atoms with Gasteiger partial charge in [0.15, 0.2) is 5.82 Å². The molecule has 0 aliphatic carbocycles. The fourth-order valence-electron chi connectivity index (χ4n) is 2.38. The summed E-state index contributed by atoms with van der Waals surface area (Å²) in [6.07, 6.45) is 2.77. The Kier molecular flexibility index (Phi) is 3.01. The number of halogens is 2. The second-order valence-corrected chi connectivity index (χ2v) is 5.83. The van der Waals surface area contributed by atoms with Crippen molar-refractivity contribution in [3.05, 3.63) is 42.1 Å². The van der Waals surface area contributed by atoms with Crippen molar-refractivity contribution in [1.29, 1.82) is 0 Å². The van der Waals surface area contributed by atoms with Crippen LogP contribution in [0.15, 0.2) is 24.8 Å². The number of ether oxygens (including phenoxy) is 1. The zero-order valence-electron chi connectivity index (χ0n) is 26.2. The lowest BCUT2D eigenvalue weighted by Gasteiger charge is -2.27. The van der Waals surface area contributed by atoms with Gasteiger partial charge in [-0.2, -0.15) is 15.0 Å². The van der Waals surface area contributed by atoms with Gasteiger partial charge in [0.2, 0.25) is 17.8 Å². The molecule has 2 N–H and O–H groups in total.